The van der Waals surface area contributed by atoms with E-state index in [4.69, 9.17) is 0 Å². The number of aryl methyl sites for hydroxylation is 2. The Morgan fingerprint density at radius 2 is 2.15 bits per heavy atom. The molecule has 1 aromatic carbocycles. The van der Waals surface area contributed by atoms with E-state index < -0.39 is 5.91 Å². The van der Waals surface area contributed by atoms with E-state index in [0.29, 0.717) is 17.1 Å². The summed E-state index contributed by atoms with van der Waals surface area (Å²) in [5.74, 6) is 0.591. The highest BCUT2D eigenvalue weighted by Crippen LogP contribution is 2.28. The first kappa shape index (κ1) is 14.0. The van der Waals surface area contributed by atoms with Crippen LogP contribution in [0.15, 0.2) is 12.1 Å². The lowest BCUT2D eigenvalue weighted by atomic mass is 10.1. The van der Waals surface area contributed by atoms with Crippen molar-refractivity contribution >= 4 is 11.6 Å². The van der Waals surface area contributed by atoms with Crippen LogP contribution >= 0.6 is 0 Å². The number of H-pyrrole nitrogens is 1. The third-order valence-electron chi connectivity index (χ3n) is 3.10. The number of anilines is 1. The number of benzene rings is 1. The molecule has 0 saturated heterocycles. The largest absolute Gasteiger partial charge is 0.507 e. The molecule has 20 heavy (non-hydrogen) atoms. The molecule has 1 heterocycles. The molecule has 106 valence electrons. The Morgan fingerprint density at radius 3 is 2.85 bits per heavy atom. The summed E-state index contributed by atoms with van der Waals surface area (Å²) in [5, 5.41) is 19.2. The van der Waals surface area contributed by atoms with Gasteiger partial charge in [-0.1, -0.05) is 13.0 Å². The second-order valence-corrected chi connectivity index (χ2v) is 4.71. The van der Waals surface area contributed by atoms with Crippen LogP contribution in [0.4, 0.5) is 5.69 Å². The zero-order valence-electron chi connectivity index (χ0n) is 11.8. The number of rotatable bonds is 4. The topological polar surface area (TPSA) is 90.9 Å². The average molecular weight is 274 g/mol. The molecule has 0 fully saturated rings. The van der Waals surface area contributed by atoms with Gasteiger partial charge in [-0.3, -0.25) is 9.89 Å². The van der Waals surface area contributed by atoms with Gasteiger partial charge in [0, 0.05) is 17.7 Å². The molecule has 0 saturated carbocycles. The Balaban J connectivity index is 2.17. The molecular formula is C14H18N4O2. The van der Waals surface area contributed by atoms with Crippen molar-refractivity contribution in [3.05, 3.63) is 34.9 Å². The molecule has 0 spiro atoms. The molecular weight excluding hydrogens is 256 g/mol. The van der Waals surface area contributed by atoms with Crippen molar-refractivity contribution in [2.75, 3.05) is 5.32 Å². The number of phenolic OH excluding ortho intramolecular Hbond substituents is 1. The summed E-state index contributed by atoms with van der Waals surface area (Å²) in [5.41, 5.74) is 1.95. The predicted molar refractivity (Wildman–Crippen MR) is 75.9 cm³/mol. The molecule has 3 N–H and O–H groups in total. The number of aromatic nitrogens is 3. The average Bonchev–Trinajstić information content (AvgIpc) is 2.88. The lowest BCUT2D eigenvalue weighted by Crippen LogP contribution is -2.14. The van der Waals surface area contributed by atoms with Crippen LogP contribution in [0.3, 0.4) is 0 Å². The van der Waals surface area contributed by atoms with Crippen LogP contribution < -0.4 is 5.32 Å². The zero-order chi connectivity index (χ0) is 14.7. The lowest BCUT2D eigenvalue weighted by Gasteiger charge is -2.10. The minimum Gasteiger partial charge on any atom is -0.507 e. The van der Waals surface area contributed by atoms with Crippen molar-refractivity contribution in [1.82, 2.24) is 15.2 Å². The Kier molecular flexibility index (Phi) is 4.02. The van der Waals surface area contributed by atoms with Crippen molar-refractivity contribution in [2.24, 2.45) is 0 Å². The Labute approximate surface area is 117 Å². The number of nitrogens with one attached hydrogen (secondary N) is 2. The maximum atomic E-state index is 12.0. The summed E-state index contributed by atoms with van der Waals surface area (Å²) >= 11 is 0. The number of amides is 1. The van der Waals surface area contributed by atoms with Crippen LogP contribution in [-0.2, 0) is 6.42 Å². The van der Waals surface area contributed by atoms with Gasteiger partial charge in [-0.15, -0.1) is 5.10 Å². The fraction of sp³-hybridized carbons (Fsp3) is 0.357. The number of aromatic hydroxyl groups is 1. The number of carbonyl (C=O) groups excluding carboxylic acids is 1. The second kappa shape index (κ2) is 5.73. The highest BCUT2D eigenvalue weighted by molar-refractivity contribution is 6.02. The van der Waals surface area contributed by atoms with E-state index in [9.17, 15) is 9.90 Å². The van der Waals surface area contributed by atoms with E-state index in [1.54, 1.807) is 26.0 Å². The maximum absolute atomic E-state index is 12.0. The predicted octanol–water partition coefficient (Wildman–Crippen LogP) is 2.33. The summed E-state index contributed by atoms with van der Waals surface area (Å²) in [6, 6.07) is 3.50. The quantitative estimate of drug-likeness (QED) is 0.798. The van der Waals surface area contributed by atoms with E-state index in [0.717, 1.165) is 18.4 Å². The minimum atomic E-state index is -0.394. The van der Waals surface area contributed by atoms with E-state index >= 15 is 0 Å². The van der Waals surface area contributed by atoms with Crippen LogP contribution in [-0.4, -0.2) is 26.2 Å². The molecule has 0 aliphatic heterocycles. The van der Waals surface area contributed by atoms with Crippen LogP contribution in [0.5, 0.6) is 5.75 Å². The van der Waals surface area contributed by atoms with Gasteiger partial charge >= 0.3 is 0 Å². The molecule has 0 unspecified atom stereocenters. The molecule has 1 aromatic heterocycles. The van der Waals surface area contributed by atoms with Crippen molar-refractivity contribution in [3.8, 4) is 5.75 Å². The van der Waals surface area contributed by atoms with Crippen LogP contribution in [0.1, 0.15) is 40.9 Å². The van der Waals surface area contributed by atoms with Crippen LogP contribution in [0, 0.1) is 13.8 Å². The first-order valence-corrected chi connectivity index (χ1v) is 6.54. The highest BCUT2D eigenvalue weighted by Gasteiger charge is 2.15. The Morgan fingerprint density at radius 1 is 1.40 bits per heavy atom. The fourth-order valence-corrected chi connectivity index (χ4v) is 1.89. The first-order chi connectivity index (χ1) is 9.52. The van der Waals surface area contributed by atoms with E-state index in [-0.39, 0.29) is 11.6 Å². The monoisotopic (exact) mass is 274 g/mol. The molecule has 0 radical (unpaired) electrons. The van der Waals surface area contributed by atoms with Crippen LogP contribution in [0.2, 0.25) is 0 Å². The van der Waals surface area contributed by atoms with Gasteiger partial charge in [-0.25, -0.2) is 4.98 Å². The zero-order valence-corrected chi connectivity index (χ0v) is 11.8. The Bertz CT molecular complexity index is 634. The minimum absolute atomic E-state index is 0.105. The molecule has 6 heteroatoms. The van der Waals surface area contributed by atoms with Crippen LogP contribution in [0.25, 0.3) is 0 Å². The van der Waals surface area contributed by atoms with E-state index in [2.05, 4.69) is 20.5 Å². The maximum Gasteiger partial charge on any atom is 0.295 e. The van der Waals surface area contributed by atoms with Gasteiger partial charge in [-0.05, 0) is 31.9 Å². The van der Waals surface area contributed by atoms with E-state index in [1.807, 2.05) is 6.92 Å². The molecule has 0 atom stereocenters. The van der Waals surface area contributed by atoms with Gasteiger partial charge in [0.15, 0.2) is 0 Å². The molecule has 2 aromatic rings. The smallest absolute Gasteiger partial charge is 0.295 e. The number of hydrogen-bond donors (Lipinski definition) is 3. The van der Waals surface area contributed by atoms with Gasteiger partial charge in [0.2, 0.25) is 5.82 Å². The molecule has 2 rings (SSSR count). The third kappa shape index (κ3) is 2.79. The highest BCUT2D eigenvalue weighted by atomic mass is 16.3. The summed E-state index contributed by atoms with van der Waals surface area (Å²) in [6.07, 6.45) is 1.69. The van der Waals surface area contributed by atoms with Gasteiger partial charge in [-0.2, -0.15) is 0 Å². The number of nitrogens with zero attached hydrogens (tertiary/aromatic N) is 2. The van der Waals surface area contributed by atoms with Gasteiger partial charge in [0.05, 0.1) is 0 Å². The standard InChI is InChI=1S/C14H18N4O2/c1-4-5-11-16-13(18-17-11)14(20)15-10-7-6-8(2)12(19)9(10)3/h6-7,19H,4-5H2,1-3H3,(H,15,20)(H,16,17,18). The van der Waals surface area contributed by atoms with Crippen molar-refractivity contribution in [2.45, 2.75) is 33.6 Å². The summed E-state index contributed by atoms with van der Waals surface area (Å²) < 4.78 is 0. The number of aromatic amines is 1. The molecule has 1 amide bonds. The van der Waals surface area contributed by atoms with Gasteiger partial charge < -0.3 is 10.4 Å². The van der Waals surface area contributed by atoms with Crippen molar-refractivity contribution in [3.63, 3.8) is 0 Å². The number of hydrogen-bond acceptors (Lipinski definition) is 4. The summed E-state index contributed by atoms with van der Waals surface area (Å²) in [4.78, 5) is 16.2. The second-order valence-electron chi connectivity index (χ2n) is 4.71. The molecule has 0 bridgehead atoms. The Hall–Kier alpha value is -2.37. The summed E-state index contributed by atoms with van der Waals surface area (Å²) in [6.45, 7) is 5.58. The lowest BCUT2D eigenvalue weighted by molar-refractivity contribution is 0.101. The number of phenols is 1. The van der Waals surface area contributed by atoms with Gasteiger partial charge in [0.25, 0.3) is 5.91 Å². The van der Waals surface area contributed by atoms with Gasteiger partial charge in [0.1, 0.15) is 11.6 Å². The van der Waals surface area contributed by atoms with Crippen molar-refractivity contribution < 1.29 is 9.90 Å². The third-order valence-corrected chi connectivity index (χ3v) is 3.10. The molecule has 0 aliphatic rings. The normalized spacial score (nSPS) is 10.6. The van der Waals surface area contributed by atoms with Crippen molar-refractivity contribution in [1.29, 1.82) is 0 Å². The molecule has 0 aliphatic carbocycles. The van der Waals surface area contributed by atoms with E-state index in [1.165, 1.54) is 0 Å². The fourth-order valence-electron chi connectivity index (χ4n) is 1.89. The summed E-state index contributed by atoms with van der Waals surface area (Å²) in [7, 11) is 0. The molecule has 6 nitrogen and oxygen atoms in total. The number of carbonyl (C=O) groups is 1. The SMILES string of the molecule is CCCc1nc(C(=O)Nc2ccc(C)c(O)c2C)n[nH]1. The first-order valence-electron chi connectivity index (χ1n) is 6.54.